The molecule has 0 aromatic heterocycles. The van der Waals surface area contributed by atoms with Gasteiger partial charge in [-0.1, -0.05) is 0 Å². The van der Waals surface area contributed by atoms with Gasteiger partial charge in [-0.15, -0.1) is 0 Å². The minimum atomic E-state index is -1.45. The molecule has 0 saturated heterocycles. The molecule has 4 rings (SSSR count). The van der Waals surface area contributed by atoms with Crippen molar-refractivity contribution in [2.45, 2.75) is 18.9 Å². The zero-order chi connectivity index (χ0) is 25.2. The molecule has 1 atom stereocenters. The summed E-state index contributed by atoms with van der Waals surface area (Å²) >= 11 is 0. The molecular formula is C22H18F2O10. The molecule has 1 aliphatic rings. The fourth-order valence-corrected chi connectivity index (χ4v) is 3.25. The Balaban J connectivity index is 0.000000215. The molecule has 180 valence electrons. The molecule has 0 bridgehead atoms. The highest BCUT2D eigenvalue weighted by Gasteiger charge is 2.26. The highest BCUT2D eigenvalue weighted by molar-refractivity contribution is 5.89. The predicted octanol–water partition coefficient (Wildman–Crippen LogP) is 3.56. The van der Waals surface area contributed by atoms with E-state index in [-0.39, 0.29) is 11.5 Å². The molecule has 1 heterocycles. The van der Waals surface area contributed by atoms with E-state index in [4.69, 9.17) is 14.9 Å². The second-order valence-corrected chi connectivity index (χ2v) is 7.18. The molecule has 12 heteroatoms. The molecule has 3 aromatic carbocycles. The van der Waals surface area contributed by atoms with Crippen molar-refractivity contribution in [3.63, 3.8) is 0 Å². The molecule has 0 radical (unpaired) electrons. The molecule has 0 amide bonds. The van der Waals surface area contributed by atoms with Gasteiger partial charge in [0.2, 0.25) is 0 Å². The third-order valence-corrected chi connectivity index (χ3v) is 4.91. The first-order valence-corrected chi connectivity index (χ1v) is 9.52. The smallest absolute Gasteiger partial charge is 0.379 e. The summed E-state index contributed by atoms with van der Waals surface area (Å²) in [4.78, 5) is 13.3. The summed E-state index contributed by atoms with van der Waals surface area (Å²) in [5.74, 6) is -5.77. The maximum Gasteiger partial charge on any atom is 0.379 e. The highest BCUT2D eigenvalue weighted by atomic mass is 19.3. The second-order valence-electron chi connectivity index (χ2n) is 7.18. The number of phenolic OH excluding ortho intramolecular Hbond substituents is 7. The number of aromatic hydroxyl groups is 7. The number of hydrogen-bond donors (Lipinski definition) is 7. The molecule has 0 fully saturated rings. The van der Waals surface area contributed by atoms with Gasteiger partial charge in [-0.25, -0.2) is 14.1 Å². The summed E-state index contributed by atoms with van der Waals surface area (Å²) < 4.78 is 29.6. The Bertz CT molecular complexity index is 1200. The molecule has 0 spiro atoms. The summed E-state index contributed by atoms with van der Waals surface area (Å²) in [6.07, 6.45) is 0.583. The lowest BCUT2D eigenvalue weighted by molar-refractivity contribution is -0.0788. The maximum atomic E-state index is 12.6. The van der Waals surface area contributed by atoms with Crippen LogP contribution in [0.15, 0.2) is 36.4 Å². The van der Waals surface area contributed by atoms with Gasteiger partial charge < -0.3 is 40.5 Å². The molecule has 34 heavy (non-hydrogen) atoms. The fraction of sp³-hybridized carbons (Fsp3) is 0.136. The third-order valence-electron chi connectivity index (χ3n) is 4.91. The fourth-order valence-electron chi connectivity index (χ4n) is 3.25. The minimum absolute atomic E-state index is 0.0279. The van der Waals surface area contributed by atoms with Crippen molar-refractivity contribution in [1.82, 2.24) is 0 Å². The number of phenols is 7. The van der Waals surface area contributed by atoms with E-state index in [0.29, 0.717) is 41.9 Å². The van der Waals surface area contributed by atoms with Crippen LogP contribution in [-0.2, 0) is 11.4 Å². The van der Waals surface area contributed by atoms with Crippen molar-refractivity contribution in [3.8, 4) is 46.0 Å². The van der Waals surface area contributed by atoms with Crippen LogP contribution in [0.1, 0.15) is 34.0 Å². The van der Waals surface area contributed by atoms with E-state index in [1.807, 2.05) is 0 Å². The molecule has 7 N–H and O–H groups in total. The zero-order valence-electron chi connectivity index (χ0n) is 17.1. The Labute approximate surface area is 189 Å². The number of carbonyl (C=O) groups is 1. The van der Waals surface area contributed by atoms with Crippen LogP contribution < -0.4 is 4.74 Å². The quantitative estimate of drug-likeness (QED) is 0.268. The average molecular weight is 480 g/mol. The van der Waals surface area contributed by atoms with E-state index >= 15 is 0 Å². The standard InChI is InChI=1S/C15H14O6.C7H4F2O4/c16-8-5-10(17)9-1-2-13(21-14(9)6-8)7-3-11(18)15(20)12(19)4-7;8-4-1-3(7(12)13-9)2-5(10)6(4)11/h3-6,13,16-20H,1-2H2;1-2,10-11H. The number of rotatable bonds is 2. The van der Waals surface area contributed by atoms with Gasteiger partial charge in [0.15, 0.2) is 34.6 Å². The summed E-state index contributed by atoms with van der Waals surface area (Å²) in [5, 5.41) is 65.2. The monoisotopic (exact) mass is 480 g/mol. The minimum Gasteiger partial charge on any atom is -0.508 e. The summed E-state index contributed by atoms with van der Waals surface area (Å²) in [5.41, 5.74) is 0.572. The van der Waals surface area contributed by atoms with Gasteiger partial charge >= 0.3 is 5.97 Å². The van der Waals surface area contributed by atoms with Gasteiger partial charge in [-0.2, -0.15) is 0 Å². The Morgan fingerprint density at radius 3 is 2.06 bits per heavy atom. The second kappa shape index (κ2) is 9.48. The van der Waals surface area contributed by atoms with E-state index in [9.17, 15) is 39.2 Å². The van der Waals surface area contributed by atoms with Crippen LogP contribution in [0.2, 0.25) is 0 Å². The van der Waals surface area contributed by atoms with Gasteiger partial charge in [0, 0.05) is 22.2 Å². The van der Waals surface area contributed by atoms with Gasteiger partial charge in [0.1, 0.15) is 23.4 Å². The van der Waals surface area contributed by atoms with Crippen LogP contribution >= 0.6 is 0 Å². The first kappa shape index (κ1) is 24.0. The van der Waals surface area contributed by atoms with Crippen molar-refractivity contribution < 1.29 is 59.1 Å². The number of fused-ring (bicyclic) bond motifs is 1. The third kappa shape index (κ3) is 4.90. The lowest BCUT2D eigenvalue weighted by Crippen LogP contribution is -2.15. The summed E-state index contributed by atoms with van der Waals surface area (Å²) in [6, 6.07) is 6.50. The lowest BCUT2D eigenvalue weighted by atomic mass is 9.96. The van der Waals surface area contributed by atoms with Gasteiger partial charge in [0.25, 0.3) is 0 Å². The van der Waals surface area contributed by atoms with Crippen molar-refractivity contribution in [2.75, 3.05) is 0 Å². The number of benzene rings is 3. The average Bonchev–Trinajstić information content (AvgIpc) is 2.79. The van der Waals surface area contributed by atoms with Gasteiger partial charge in [-0.05, 0) is 42.7 Å². The summed E-state index contributed by atoms with van der Waals surface area (Å²) in [6.45, 7) is 0. The van der Waals surface area contributed by atoms with Gasteiger partial charge in [0.05, 0.1) is 5.56 Å². The maximum absolute atomic E-state index is 12.6. The molecule has 0 aliphatic carbocycles. The molecule has 1 unspecified atom stereocenters. The Hall–Kier alpha value is -4.61. The van der Waals surface area contributed by atoms with Crippen LogP contribution in [0.5, 0.6) is 46.0 Å². The van der Waals surface area contributed by atoms with E-state index in [0.717, 1.165) is 0 Å². The molecule has 0 saturated carbocycles. The first-order valence-electron chi connectivity index (χ1n) is 9.52. The van der Waals surface area contributed by atoms with Crippen molar-refractivity contribution >= 4 is 5.97 Å². The van der Waals surface area contributed by atoms with Crippen LogP contribution in [-0.4, -0.2) is 41.7 Å². The number of carbonyl (C=O) groups excluding carboxylic acids is 1. The van der Waals surface area contributed by atoms with Crippen molar-refractivity contribution in [1.29, 1.82) is 0 Å². The topological polar surface area (TPSA) is 177 Å². The Morgan fingerprint density at radius 2 is 1.47 bits per heavy atom. The van der Waals surface area contributed by atoms with Crippen LogP contribution in [0.4, 0.5) is 8.92 Å². The van der Waals surface area contributed by atoms with E-state index in [1.54, 1.807) is 0 Å². The van der Waals surface area contributed by atoms with Crippen LogP contribution in [0.3, 0.4) is 0 Å². The first-order chi connectivity index (χ1) is 16.0. The Kier molecular flexibility index (Phi) is 6.71. The van der Waals surface area contributed by atoms with E-state index in [1.165, 1.54) is 24.3 Å². The number of hydrogen-bond acceptors (Lipinski definition) is 10. The van der Waals surface area contributed by atoms with E-state index < -0.39 is 52.2 Å². The van der Waals surface area contributed by atoms with Crippen LogP contribution in [0.25, 0.3) is 0 Å². The highest BCUT2D eigenvalue weighted by Crippen LogP contribution is 2.44. The van der Waals surface area contributed by atoms with E-state index in [2.05, 4.69) is 4.94 Å². The number of ether oxygens (including phenoxy) is 1. The SMILES string of the molecule is O=C(OF)c1cc(O)c(O)c(F)c1.Oc1cc(O)c2c(c1)OC(c1cc(O)c(O)c(O)c1)CC2. The summed E-state index contributed by atoms with van der Waals surface area (Å²) in [7, 11) is 0. The molecule has 1 aliphatic heterocycles. The lowest BCUT2D eigenvalue weighted by Gasteiger charge is -2.27. The normalized spacial score (nSPS) is 14.2. The molecular weight excluding hydrogens is 462 g/mol. The van der Waals surface area contributed by atoms with Crippen LogP contribution in [0, 0.1) is 5.82 Å². The molecule has 10 nitrogen and oxygen atoms in total. The predicted molar refractivity (Wildman–Crippen MR) is 109 cm³/mol. The van der Waals surface area contributed by atoms with Crippen molar-refractivity contribution in [2.24, 2.45) is 0 Å². The molecule has 3 aromatic rings. The largest absolute Gasteiger partial charge is 0.508 e. The van der Waals surface area contributed by atoms with Crippen molar-refractivity contribution in [3.05, 3.63) is 58.9 Å². The number of halogens is 2. The zero-order valence-corrected chi connectivity index (χ0v) is 17.1. The Morgan fingerprint density at radius 1 is 0.853 bits per heavy atom. The van der Waals surface area contributed by atoms with Gasteiger partial charge in [-0.3, -0.25) is 0 Å².